The van der Waals surface area contributed by atoms with E-state index in [-0.39, 0.29) is 29.1 Å². The Balaban J connectivity index is 0.00000128. The molecule has 0 unspecified atom stereocenters. The molecule has 1 aliphatic rings. The van der Waals surface area contributed by atoms with Gasteiger partial charge >= 0.3 is 0 Å². The molecule has 16 heavy (non-hydrogen) atoms. The van der Waals surface area contributed by atoms with Crippen LogP contribution in [0.15, 0.2) is 18.2 Å². The lowest BCUT2D eigenvalue weighted by atomic mass is 9.98. The molecular weight excluding hydrogens is 249 g/mol. The number of aromatic hydroxyl groups is 1. The second-order valence-corrected chi connectivity index (χ2v) is 4.44. The van der Waals surface area contributed by atoms with Gasteiger partial charge in [0.1, 0.15) is 5.75 Å². The molecular formula is C11H15Cl2NO2. The lowest BCUT2D eigenvalue weighted by molar-refractivity contribution is 0.121. The van der Waals surface area contributed by atoms with Gasteiger partial charge in [0.15, 0.2) is 0 Å². The summed E-state index contributed by atoms with van der Waals surface area (Å²) in [6.45, 7) is 0. The standard InChI is InChI=1S/C11H14ClNO2.ClH/c12-8-3-1-2-7(11(8)15)9(13)10(14)6-4-5-6;/h1-3,6,9-10,14-15H,4-5,13H2;1H/t9-,10+;/m0./s1. The molecule has 0 bridgehead atoms. The molecule has 2 rings (SSSR count). The minimum absolute atomic E-state index is 0. The van der Waals surface area contributed by atoms with Gasteiger partial charge in [0, 0.05) is 5.56 Å². The van der Waals surface area contributed by atoms with Crippen LogP contribution in [-0.2, 0) is 0 Å². The van der Waals surface area contributed by atoms with Gasteiger partial charge in [-0.3, -0.25) is 0 Å². The SMILES string of the molecule is Cl.N[C@@H](c1cccc(Cl)c1O)[C@H](O)C1CC1. The van der Waals surface area contributed by atoms with Gasteiger partial charge < -0.3 is 15.9 Å². The lowest BCUT2D eigenvalue weighted by Gasteiger charge is -2.20. The minimum atomic E-state index is -0.589. The van der Waals surface area contributed by atoms with E-state index in [2.05, 4.69) is 0 Å². The van der Waals surface area contributed by atoms with Gasteiger partial charge in [0.05, 0.1) is 17.2 Å². The van der Waals surface area contributed by atoms with Crippen LogP contribution in [0.2, 0.25) is 5.02 Å². The van der Waals surface area contributed by atoms with Crippen molar-refractivity contribution in [1.29, 1.82) is 0 Å². The third-order valence-electron chi connectivity index (χ3n) is 2.85. The van der Waals surface area contributed by atoms with Crippen LogP contribution in [-0.4, -0.2) is 16.3 Å². The molecule has 5 heteroatoms. The third-order valence-corrected chi connectivity index (χ3v) is 3.16. The van der Waals surface area contributed by atoms with Crippen LogP contribution in [0.4, 0.5) is 0 Å². The first-order valence-corrected chi connectivity index (χ1v) is 5.40. The predicted molar refractivity (Wildman–Crippen MR) is 66.0 cm³/mol. The number of para-hydroxylation sites is 1. The van der Waals surface area contributed by atoms with E-state index in [1.807, 2.05) is 0 Å². The third kappa shape index (κ3) is 2.61. The average molecular weight is 264 g/mol. The molecule has 1 aliphatic carbocycles. The highest BCUT2D eigenvalue weighted by molar-refractivity contribution is 6.32. The van der Waals surface area contributed by atoms with Gasteiger partial charge in [-0.25, -0.2) is 0 Å². The summed E-state index contributed by atoms with van der Waals surface area (Å²) in [6, 6.07) is 4.45. The molecule has 0 amide bonds. The van der Waals surface area contributed by atoms with E-state index in [1.165, 1.54) is 0 Å². The molecule has 0 aliphatic heterocycles. The zero-order valence-electron chi connectivity index (χ0n) is 8.64. The van der Waals surface area contributed by atoms with Crippen LogP contribution in [0, 0.1) is 5.92 Å². The molecule has 4 N–H and O–H groups in total. The first kappa shape index (κ1) is 13.6. The molecule has 0 spiro atoms. The highest BCUT2D eigenvalue weighted by atomic mass is 35.5. The Kier molecular flexibility index (Phi) is 4.44. The number of benzene rings is 1. The summed E-state index contributed by atoms with van der Waals surface area (Å²) < 4.78 is 0. The molecule has 3 nitrogen and oxygen atoms in total. The Morgan fingerprint density at radius 3 is 2.56 bits per heavy atom. The van der Waals surface area contributed by atoms with Crippen LogP contribution in [0.3, 0.4) is 0 Å². The minimum Gasteiger partial charge on any atom is -0.506 e. The van der Waals surface area contributed by atoms with E-state index >= 15 is 0 Å². The number of phenolic OH excluding ortho intramolecular Hbond substituents is 1. The van der Waals surface area contributed by atoms with E-state index in [0.29, 0.717) is 5.56 Å². The maximum Gasteiger partial charge on any atom is 0.139 e. The summed E-state index contributed by atoms with van der Waals surface area (Å²) in [5.74, 6) is 0.254. The number of aliphatic hydroxyl groups is 1. The number of nitrogens with two attached hydrogens (primary N) is 1. The van der Waals surface area contributed by atoms with Crippen LogP contribution in [0.5, 0.6) is 5.75 Å². The molecule has 0 heterocycles. The smallest absolute Gasteiger partial charge is 0.139 e. The average Bonchev–Trinajstić information content (AvgIpc) is 3.03. The van der Waals surface area contributed by atoms with Crippen molar-refractivity contribution in [2.45, 2.75) is 25.0 Å². The van der Waals surface area contributed by atoms with E-state index in [0.717, 1.165) is 12.8 Å². The Bertz CT molecular complexity index is 369. The van der Waals surface area contributed by atoms with E-state index in [9.17, 15) is 10.2 Å². The van der Waals surface area contributed by atoms with E-state index < -0.39 is 12.1 Å². The van der Waals surface area contributed by atoms with Crippen molar-refractivity contribution < 1.29 is 10.2 Å². The van der Waals surface area contributed by atoms with Gasteiger partial charge in [-0.2, -0.15) is 0 Å². The largest absolute Gasteiger partial charge is 0.506 e. The molecule has 1 aromatic rings. The normalized spacial score (nSPS) is 18.7. The maximum absolute atomic E-state index is 9.85. The van der Waals surface area contributed by atoms with Gasteiger partial charge in [-0.05, 0) is 24.8 Å². The topological polar surface area (TPSA) is 66.5 Å². The van der Waals surface area contributed by atoms with Crippen molar-refractivity contribution in [3.63, 3.8) is 0 Å². The first-order valence-electron chi connectivity index (χ1n) is 5.02. The fourth-order valence-electron chi connectivity index (χ4n) is 1.72. The fraction of sp³-hybridized carbons (Fsp3) is 0.455. The molecule has 1 aromatic carbocycles. The number of hydrogen-bond donors (Lipinski definition) is 3. The van der Waals surface area contributed by atoms with Crippen LogP contribution < -0.4 is 5.73 Å². The van der Waals surface area contributed by atoms with Crippen LogP contribution in [0.1, 0.15) is 24.4 Å². The Hall–Kier alpha value is -0.480. The molecule has 0 aromatic heterocycles. The highest BCUT2D eigenvalue weighted by Gasteiger charge is 2.35. The van der Waals surface area contributed by atoms with Gasteiger partial charge in [-0.15, -0.1) is 12.4 Å². The second-order valence-electron chi connectivity index (χ2n) is 4.03. The monoisotopic (exact) mass is 263 g/mol. The summed E-state index contributed by atoms with van der Waals surface area (Å²) in [6.07, 6.45) is 1.43. The number of rotatable bonds is 3. The number of halogens is 2. The molecule has 0 saturated heterocycles. The fourth-order valence-corrected chi connectivity index (χ4v) is 1.90. The van der Waals surface area contributed by atoms with Crippen molar-refractivity contribution in [1.82, 2.24) is 0 Å². The Morgan fingerprint density at radius 2 is 2.00 bits per heavy atom. The van der Waals surface area contributed by atoms with Gasteiger partial charge in [-0.1, -0.05) is 23.7 Å². The van der Waals surface area contributed by atoms with Crippen molar-refractivity contribution in [3.05, 3.63) is 28.8 Å². The summed E-state index contributed by atoms with van der Waals surface area (Å²) in [5, 5.41) is 19.8. The maximum atomic E-state index is 9.85. The number of aliphatic hydroxyl groups excluding tert-OH is 1. The van der Waals surface area contributed by atoms with Gasteiger partial charge in [0.2, 0.25) is 0 Å². The van der Waals surface area contributed by atoms with Crippen molar-refractivity contribution in [2.24, 2.45) is 11.7 Å². The lowest BCUT2D eigenvalue weighted by Crippen LogP contribution is -2.27. The zero-order chi connectivity index (χ0) is 11.0. The summed E-state index contributed by atoms with van der Waals surface area (Å²) >= 11 is 5.77. The van der Waals surface area contributed by atoms with Crippen molar-refractivity contribution >= 4 is 24.0 Å². The highest BCUT2D eigenvalue weighted by Crippen LogP contribution is 2.40. The molecule has 1 saturated carbocycles. The van der Waals surface area contributed by atoms with E-state index in [4.69, 9.17) is 17.3 Å². The van der Waals surface area contributed by atoms with Gasteiger partial charge in [0.25, 0.3) is 0 Å². The van der Waals surface area contributed by atoms with Crippen molar-refractivity contribution in [3.8, 4) is 5.75 Å². The molecule has 1 fully saturated rings. The Morgan fingerprint density at radius 1 is 1.38 bits per heavy atom. The summed E-state index contributed by atoms with van der Waals surface area (Å²) in [7, 11) is 0. The zero-order valence-corrected chi connectivity index (χ0v) is 10.2. The predicted octanol–water partition coefficient (Wildman–Crippen LogP) is 2.24. The molecule has 0 radical (unpaired) electrons. The molecule has 2 atom stereocenters. The number of phenols is 1. The van der Waals surface area contributed by atoms with Crippen molar-refractivity contribution in [2.75, 3.05) is 0 Å². The van der Waals surface area contributed by atoms with E-state index in [1.54, 1.807) is 18.2 Å². The first-order chi connectivity index (χ1) is 7.11. The van der Waals surface area contributed by atoms with Crippen LogP contribution in [0.25, 0.3) is 0 Å². The number of hydrogen-bond acceptors (Lipinski definition) is 3. The molecule has 90 valence electrons. The second kappa shape index (κ2) is 5.23. The Labute approximate surface area is 106 Å². The summed E-state index contributed by atoms with van der Waals surface area (Å²) in [5.41, 5.74) is 6.40. The summed E-state index contributed by atoms with van der Waals surface area (Å²) in [4.78, 5) is 0. The van der Waals surface area contributed by atoms with Crippen LogP contribution >= 0.6 is 24.0 Å². The quantitative estimate of drug-likeness (QED) is 0.784.